The molecule has 1 aromatic heterocycles. The number of guanidine groups is 1. The molecule has 1 spiro atoms. The molecule has 1 aromatic rings. The predicted octanol–water partition coefficient (Wildman–Crippen LogP) is 0.828. The summed E-state index contributed by atoms with van der Waals surface area (Å²) in [4.78, 5) is 8.65. The Morgan fingerprint density at radius 3 is 3.00 bits per heavy atom. The van der Waals surface area contributed by atoms with Crippen molar-refractivity contribution < 1.29 is 4.74 Å². The number of nitrogens with zero attached hydrogens (tertiary/aromatic N) is 4. The molecule has 2 saturated carbocycles. The molecular weight excluding hydrogens is 292 g/mol. The van der Waals surface area contributed by atoms with Crippen molar-refractivity contribution in [3.63, 3.8) is 0 Å². The van der Waals surface area contributed by atoms with Gasteiger partial charge in [-0.05, 0) is 19.3 Å². The summed E-state index contributed by atoms with van der Waals surface area (Å²) >= 11 is 0. The van der Waals surface area contributed by atoms with Gasteiger partial charge >= 0.3 is 0 Å². The maximum atomic E-state index is 6.05. The fourth-order valence-electron chi connectivity index (χ4n) is 4.89. The van der Waals surface area contributed by atoms with Crippen molar-refractivity contribution in [2.45, 2.75) is 50.8 Å². The van der Waals surface area contributed by atoms with E-state index in [-0.39, 0.29) is 0 Å². The number of rotatable bonds is 3. The molecule has 7 nitrogen and oxygen atoms in total. The van der Waals surface area contributed by atoms with Crippen molar-refractivity contribution >= 4 is 5.96 Å². The highest BCUT2D eigenvalue weighted by molar-refractivity contribution is 5.80. The summed E-state index contributed by atoms with van der Waals surface area (Å²) < 4.78 is 7.83. The molecule has 0 bridgehead atoms. The van der Waals surface area contributed by atoms with Crippen molar-refractivity contribution in [1.82, 2.24) is 25.4 Å². The molecule has 2 aliphatic carbocycles. The van der Waals surface area contributed by atoms with Crippen LogP contribution in [0.25, 0.3) is 0 Å². The van der Waals surface area contributed by atoms with Gasteiger partial charge in [-0.1, -0.05) is 12.8 Å². The second-order valence-electron chi connectivity index (χ2n) is 7.03. The van der Waals surface area contributed by atoms with E-state index in [0.717, 1.165) is 18.4 Å². The van der Waals surface area contributed by atoms with Crippen molar-refractivity contribution in [2.75, 3.05) is 13.7 Å². The van der Waals surface area contributed by atoms with Gasteiger partial charge in [-0.25, -0.2) is 4.98 Å². The molecule has 3 unspecified atom stereocenters. The third kappa shape index (κ3) is 2.33. The second-order valence-corrected chi connectivity index (χ2v) is 7.03. The molecule has 0 amide bonds. The second kappa shape index (κ2) is 5.78. The highest BCUT2D eigenvalue weighted by Crippen LogP contribution is 2.60. The molecule has 2 N–H and O–H groups in total. The topological polar surface area (TPSA) is 76.4 Å². The zero-order chi connectivity index (χ0) is 15.9. The number of hydrogen-bond acceptors (Lipinski definition) is 4. The van der Waals surface area contributed by atoms with E-state index in [0.29, 0.717) is 30.0 Å². The minimum atomic E-state index is 0.337. The number of ether oxygens (including phenoxy) is 1. The number of aromatic nitrogens is 3. The van der Waals surface area contributed by atoms with Crippen LogP contribution in [0.4, 0.5) is 0 Å². The van der Waals surface area contributed by atoms with Gasteiger partial charge in [-0.15, -0.1) is 0 Å². The molecule has 0 aromatic carbocycles. The highest BCUT2D eigenvalue weighted by Gasteiger charge is 2.65. The lowest BCUT2D eigenvalue weighted by Gasteiger charge is -2.57. The van der Waals surface area contributed by atoms with Gasteiger partial charge in [0.15, 0.2) is 5.96 Å². The standard InChI is InChI=1S/C16H26N6O/c1-17-15(18-9-12-19-10-20-22(12)2)21-13-11-5-8-23-14(11)16(13)6-3-4-7-16/h10-11,13-14H,3-9H2,1-2H3,(H2,17,18,21). The molecule has 4 rings (SSSR count). The first-order chi connectivity index (χ1) is 11.2. The van der Waals surface area contributed by atoms with Crippen LogP contribution in [0.1, 0.15) is 37.9 Å². The third-order valence-electron chi connectivity index (χ3n) is 6.02. The summed E-state index contributed by atoms with van der Waals surface area (Å²) in [7, 11) is 3.73. The van der Waals surface area contributed by atoms with Gasteiger partial charge in [0.05, 0.1) is 12.6 Å². The van der Waals surface area contributed by atoms with Gasteiger partial charge in [-0.3, -0.25) is 9.67 Å². The van der Waals surface area contributed by atoms with Crippen LogP contribution >= 0.6 is 0 Å². The molecule has 2 heterocycles. The first-order valence-corrected chi connectivity index (χ1v) is 8.66. The molecule has 23 heavy (non-hydrogen) atoms. The van der Waals surface area contributed by atoms with E-state index in [1.807, 2.05) is 14.1 Å². The van der Waals surface area contributed by atoms with Gasteiger partial charge in [0.25, 0.3) is 0 Å². The Labute approximate surface area is 136 Å². The molecule has 0 radical (unpaired) electrons. The SMILES string of the molecule is CN=C(NCc1ncnn1C)NC1C2CCOC2C12CCCC2. The van der Waals surface area contributed by atoms with Crippen LogP contribution < -0.4 is 10.6 Å². The zero-order valence-corrected chi connectivity index (χ0v) is 14.0. The highest BCUT2D eigenvalue weighted by atomic mass is 16.5. The summed E-state index contributed by atoms with van der Waals surface area (Å²) in [5.74, 6) is 2.40. The van der Waals surface area contributed by atoms with E-state index in [2.05, 4.69) is 25.7 Å². The smallest absolute Gasteiger partial charge is 0.191 e. The summed E-state index contributed by atoms with van der Waals surface area (Å²) in [6.45, 7) is 1.54. The molecule has 3 atom stereocenters. The lowest BCUT2D eigenvalue weighted by atomic mass is 9.54. The van der Waals surface area contributed by atoms with Gasteiger partial charge in [-0.2, -0.15) is 5.10 Å². The number of hydrogen-bond donors (Lipinski definition) is 2. The molecule has 3 aliphatic rings. The van der Waals surface area contributed by atoms with E-state index in [1.54, 1.807) is 11.0 Å². The third-order valence-corrected chi connectivity index (χ3v) is 6.02. The Kier molecular flexibility index (Phi) is 3.75. The van der Waals surface area contributed by atoms with Crippen LogP contribution in [-0.2, 0) is 18.3 Å². The molecule has 126 valence electrons. The molecule has 1 aliphatic heterocycles. The Morgan fingerprint density at radius 1 is 1.48 bits per heavy atom. The summed E-state index contributed by atoms with van der Waals surface area (Å²) in [5, 5.41) is 11.2. The van der Waals surface area contributed by atoms with Gasteiger partial charge < -0.3 is 15.4 Å². The van der Waals surface area contributed by atoms with E-state index >= 15 is 0 Å². The largest absolute Gasteiger partial charge is 0.377 e. The quantitative estimate of drug-likeness (QED) is 0.638. The van der Waals surface area contributed by atoms with Crippen LogP contribution in [0.3, 0.4) is 0 Å². The normalized spacial score (nSPS) is 31.9. The van der Waals surface area contributed by atoms with E-state index in [9.17, 15) is 0 Å². The lowest BCUT2D eigenvalue weighted by molar-refractivity contribution is -0.125. The number of aliphatic imine (C=N–C) groups is 1. The lowest BCUT2D eigenvalue weighted by Crippen LogP contribution is -2.69. The monoisotopic (exact) mass is 318 g/mol. The molecular formula is C16H26N6O. The molecule has 3 fully saturated rings. The Balaban J connectivity index is 1.42. The maximum Gasteiger partial charge on any atom is 0.191 e. The fourth-order valence-corrected chi connectivity index (χ4v) is 4.89. The van der Waals surface area contributed by atoms with Crippen molar-refractivity contribution in [1.29, 1.82) is 0 Å². The minimum absolute atomic E-state index is 0.337. The number of aryl methyl sites for hydroxylation is 1. The van der Waals surface area contributed by atoms with E-state index in [1.165, 1.54) is 32.1 Å². The summed E-state index contributed by atoms with van der Waals surface area (Å²) in [5.41, 5.74) is 0.337. The maximum absolute atomic E-state index is 6.05. The van der Waals surface area contributed by atoms with E-state index < -0.39 is 0 Å². The van der Waals surface area contributed by atoms with E-state index in [4.69, 9.17) is 4.74 Å². The predicted molar refractivity (Wildman–Crippen MR) is 86.9 cm³/mol. The Morgan fingerprint density at radius 2 is 2.30 bits per heavy atom. The fraction of sp³-hybridized carbons (Fsp3) is 0.812. The van der Waals surface area contributed by atoms with Crippen LogP contribution in [0.2, 0.25) is 0 Å². The number of nitrogens with one attached hydrogen (secondary N) is 2. The molecule has 7 heteroatoms. The van der Waals surface area contributed by atoms with Crippen LogP contribution in [0, 0.1) is 11.3 Å². The average molecular weight is 318 g/mol. The van der Waals surface area contributed by atoms with Gasteiger partial charge in [0.1, 0.15) is 12.2 Å². The van der Waals surface area contributed by atoms with Crippen molar-refractivity contribution in [3.05, 3.63) is 12.2 Å². The Bertz CT molecular complexity index is 591. The zero-order valence-electron chi connectivity index (χ0n) is 14.0. The minimum Gasteiger partial charge on any atom is -0.377 e. The van der Waals surface area contributed by atoms with Gasteiger partial charge in [0.2, 0.25) is 0 Å². The summed E-state index contributed by atoms with van der Waals surface area (Å²) in [6.07, 6.45) is 8.44. The summed E-state index contributed by atoms with van der Waals surface area (Å²) in [6, 6.07) is 0.489. The van der Waals surface area contributed by atoms with Crippen LogP contribution in [0.15, 0.2) is 11.3 Å². The Hall–Kier alpha value is -1.63. The first kappa shape index (κ1) is 14.9. The van der Waals surface area contributed by atoms with Gasteiger partial charge in [0, 0.05) is 38.1 Å². The van der Waals surface area contributed by atoms with Crippen LogP contribution in [0.5, 0.6) is 0 Å². The molecule has 1 saturated heterocycles. The van der Waals surface area contributed by atoms with Crippen molar-refractivity contribution in [2.24, 2.45) is 23.4 Å². The first-order valence-electron chi connectivity index (χ1n) is 8.66. The van der Waals surface area contributed by atoms with Crippen molar-refractivity contribution in [3.8, 4) is 0 Å². The van der Waals surface area contributed by atoms with Crippen LogP contribution in [-0.4, -0.2) is 46.5 Å². The average Bonchev–Trinajstić information content (AvgIpc) is 3.27. The number of fused-ring (bicyclic) bond motifs is 2.